The van der Waals surface area contributed by atoms with E-state index in [1.54, 1.807) is 11.1 Å². The number of halogens is 1. The largest absolute Gasteiger partial charge is 0.447 e. The molecule has 2 aromatic rings. The first-order valence-electron chi connectivity index (χ1n) is 7.36. The maximum absolute atomic E-state index is 11.9. The molecule has 0 aromatic carbocycles. The van der Waals surface area contributed by atoms with Crippen molar-refractivity contribution in [3.8, 4) is 0 Å². The van der Waals surface area contributed by atoms with Crippen LogP contribution in [0.2, 0.25) is 0 Å². The predicted molar refractivity (Wildman–Crippen MR) is 84.5 cm³/mol. The van der Waals surface area contributed by atoms with Crippen molar-refractivity contribution in [3.05, 3.63) is 16.9 Å². The molecule has 1 aliphatic heterocycles. The molecule has 1 fully saturated rings. The van der Waals surface area contributed by atoms with E-state index in [0.717, 1.165) is 28.5 Å². The Bertz CT molecular complexity index is 679. The Kier molecular flexibility index (Phi) is 4.28. The van der Waals surface area contributed by atoms with Gasteiger partial charge in [-0.15, -0.1) is 5.10 Å². The zero-order valence-corrected chi connectivity index (χ0v) is 14.2. The molecule has 0 N–H and O–H groups in total. The van der Waals surface area contributed by atoms with Gasteiger partial charge < -0.3 is 9.64 Å². The van der Waals surface area contributed by atoms with E-state index in [0.29, 0.717) is 13.1 Å². The van der Waals surface area contributed by atoms with Gasteiger partial charge in [0.05, 0.1) is 18.3 Å². The van der Waals surface area contributed by atoms with Gasteiger partial charge in [-0.05, 0) is 42.6 Å². The highest BCUT2D eigenvalue weighted by Gasteiger charge is 2.26. The molecule has 0 spiro atoms. The summed E-state index contributed by atoms with van der Waals surface area (Å²) in [5.41, 5.74) is 1.75. The van der Waals surface area contributed by atoms with Crippen LogP contribution in [0.25, 0.3) is 11.0 Å². The molecule has 0 aliphatic carbocycles. The van der Waals surface area contributed by atoms with Crippen LogP contribution >= 0.6 is 15.9 Å². The first-order chi connectivity index (χ1) is 10.5. The standard InChI is InChI=1S/C14H18BrN5O2/c1-9(2)22-14(21)19-5-3-10(4-6-19)20-12-8-16-13(15)7-11(12)17-18-20/h7-10H,3-6H2,1-2H3. The predicted octanol–water partition coefficient (Wildman–Crippen LogP) is 2.77. The topological polar surface area (TPSA) is 73.1 Å². The monoisotopic (exact) mass is 367 g/mol. The summed E-state index contributed by atoms with van der Waals surface area (Å²) in [6.07, 6.45) is 3.12. The average molecular weight is 368 g/mol. The quantitative estimate of drug-likeness (QED) is 0.763. The van der Waals surface area contributed by atoms with Gasteiger partial charge in [-0.3, -0.25) is 0 Å². The summed E-state index contributed by atoms with van der Waals surface area (Å²) < 4.78 is 7.90. The molecule has 2 aromatic heterocycles. The van der Waals surface area contributed by atoms with Crippen molar-refractivity contribution in [3.63, 3.8) is 0 Å². The van der Waals surface area contributed by atoms with E-state index in [4.69, 9.17) is 4.74 Å². The minimum absolute atomic E-state index is 0.0889. The van der Waals surface area contributed by atoms with Crippen LogP contribution in [-0.4, -0.2) is 50.2 Å². The number of fused-ring (bicyclic) bond motifs is 1. The van der Waals surface area contributed by atoms with Gasteiger partial charge >= 0.3 is 6.09 Å². The van der Waals surface area contributed by atoms with Gasteiger partial charge in [0.15, 0.2) is 0 Å². The molecular formula is C14H18BrN5O2. The number of pyridine rings is 1. The Balaban J connectivity index is 1.69. The smallest absolute Gasteiger partial charge is 0.410 e. The van der Waals surface area contributed by atoms with Gasteiger partial charge in [-0.25, -0.2) is 14.5 Å². The summed E-state index contributed by atoms with van der Waals surface area (Å²) >= 11 is 3.33. The fourth-order valence-electron chi connectivity index (χ4n) is 2.65. The average Bonchev–Trinajstić information content (AvgIpc) is 2.89. The number of carbonyl (C=O) groups is 1. The highest BCUT2D eigenvalue weighted by Crippen LogP contribution is 2.26. The normalized spacial score (nSPS) is 16.5. The third-order valence-corrected chi connectivity index (χ3v) is 4.16. The van der Waals surface area contributed by atoms with Crippen LogP contribution in [0.1, 0.15) is 32.7 Å². The van der Waals surface area contributed by atoms with Gasteiger partial charge in [0.2, 0.25) is 0 Å². The van der Waals surface area contributed by atoms with Gasteiger partial charge in [0, 0.05) is 19.2 Å². The molecule has 1 saturated heterocycles. The van der Waals surface area contributed by atoms with Crippen LogP contribution < -0.4 is 0 Å². The van der Waals surface area contributed by atoms with E-state index in [9.17, 15) is 4.79 Å². The second-order valence-electron chi connectivity index (χ2n) is 5.68. The molecule has 7 nitrogen and oxygen atoms in total. The molecule has 8 heteroatoms. The van der Waals surface area contributed by atoms with Gasteiger partial charge in [0.25, 0.3) is 0 Å². The van der Waals surface area contributed by atoms with Gasteiger partial charge in [-0.1, -0.05) is 5.21 Å². The lowest BCUT2D eigenvalue weighted by atomic mass is 10.1. The van der Waals surface area contributed by atoms with Crippen molar-refractivity contribution in [1.82, 2.24) is 24.9 Å². The first-order valence-corrected chi connectivity index (χ1v) is 8.16. The molecule has 3 heterocycles. The number of hydrogen-bond acceptors (Lipinski definition) is 5. The lowest BCUT2D eigenvalue weighted by Gasteiger charge is -2.31. The second kappa shape index (κ2) is 6.20. The van der Waals surface area contributed by atoms with E-state index >= 15 is 0 Å². The molecule has 0 unspecified atom stereocenters. The number of rotatable bonds is 2. The van der Waals surface area contributed by atoms with E-state index in [1.165, 1.54) is 0 Å². The van der Waals surface area contributed by atoms with Crippen LogP contribution in [0.15, 0.2) is 16.9 Å². The molecular weight excluding hydrogens is 350 g/mol. The van der Waals surface area contributed by atoms with Crippen LogP contribution in [0.5, 0.6) is 0 Å². The number of hydrogen-bond donors (Lipinski definition) is 0. The number of aromatic nitrogens is 4. The molecule has 0 atom stereocenters. The Labute approximate surface area is 136 Å². The maximum atomic E-state index is 11.9. The van der Waals surface area contributed by atoms with Crippen molar-refractivity contribution in [2.24, 2.45) is 0 Å². The molecule has 0 saturated carbocycles. The zero-order chi connectivity index (χ0) is 15.7. The van der Waals surface area contributed by atoms with Gasteiger partial charge in [-0.2, -0.15) is 0 Å². The fourth-order valence-corrected chi connectivity index (χ4v) is 2.97. The summed E-state index contributed by atoms with van der Waals surface area (Å²) in [6.45, 7) is 5.05. The van der Waals surface area contributed by atoms with Crippen molar-refractivity contribution in [1.29, 1.82) is 0 Å². The number of likely N-dealkylation sites (tertiary alicyclic amines) is 1. The third-order valence-electron chi connectivity index (χ3n) is 3.73. The van der Waals surface area contributed by atoms with E-state index in [-0.39, 0.29) is 18.2 Å². The minimum atomic E-state index is -0.234. The number of nitrogens with zero attached hydrogens (tertiary/aromatic N) is 5. The second-order valence-corrected chi connectivity index (χ2v) is 6.49. The minimum Gasteiger partial charge on any atom is -0.447 e. The summed E-state index contributed by atoms with van der Waals surface area (Å²) in [5, 5.41) is 8.44. The number of piperidine rings is 1. The summed E-state index contributed by atoms with van der Waals surface area (Å²) in [7, 11) is 0. The first kappa shape index (κ1) is 15.2. The molecule has 22 heavy (non-hydrogen) atoms. The fraction of sp³-hybridized carbons (Fsp3) is 0.571. The van der Waals surface area contributed by atoms with Crippen LogP contribution in [-0.2, 0) is 4.74 Å². The highest BCUT2D eigenvalue weighted by molar-refractivity contribution is 9.10. The highest BCUT2D eigenvalue weighted by atomic mass is 79.9. The lowest BCUT2D eigenvalue weighted by molar-refractivity contribution is 0.0655. The Morgan fingerprint density at radius 3 is 2.82 bits per heavy atom. The van der Waals surface area contributed by atoms with Crippen LogP contribution in [0.3, 0.4) is 0 Å². The molecule has 1 amide bonds. The van der Waals surface area contributed by atoms with Crippen LogP contribution in [0.4, 0.5) is 4.79 Å². The van der Waals surface area contributed by atoms with Crippen molar-refractivity contribution < 1.29 is 9.53 Å². The van der Waals surface area contributed by atoms with Gasteiger partial charge in [0.1, 0.15) is 15.6 Å². The molecule has 0 bridgehead atoms. The molecule has 3 rings (SSSR count). The number of ether oxygens (including phenoxy) is 1. The Morgan fingerprint density at radius 2 is 2.14 bits per heavy atom. The summed E-state index contributed by atoms with van der Waals surface area (Å²) in [5.74, 6) is 0. The lowest BCUT2D eigenvalue weighted by Crippen LogP contribution is -2.40. The zero-order valence-electron chi connectivity index (χ0n) is 12.6. The summed E-state index contributed by atoms with van der Waals surface area (Å²) in [6, 6.07) is 2.09. The SMILES string of the molecule is CC(C)OC(=O)N1CCC(n2nnc3cc(Br)ncc32)CC1. The third kappa shape index (κ3) is 3.06. The molecule has 0 radical (unpaired) electrons. The number of amides is 1. The van der Waals surface area contributed by atoms with Crippen molar-refractivity contribution >= 4 is 33.1 Å². The summed E-state index contributed by atoms with van der Waals surface area (Å²) in [4.78, 5) is 17.9. The molecule has 1 aliphatic rings. The van der Waals surface area contributed by atoms with Crippen molar-refractivity contribution in [2.45, 2.75) is 38.8 Å². The van der Waals surface area contributed by atoms with E-state index in [2.05, 4.69) is 31.2 Å². The van der Waals surface area contributed by atoms with Crippen LogP contribution in [0, 0.1) is 0 Å². The Morgan fingerprint density at radius 1 is 1.41 bits per heavy atom. The molecule has 118 valence electrons. The van der Waals surface area contributed by atoms with E-state index < -0.39 is 0 Å². The Hall–Kier alpha value is -1.70. The van der Waals surface area contributed by atoms with Crippen molar-refractivity contribution in [2.75, 3.05) is 13.1 Å². The number of carbonyl (C=O) groups excluding carboxylic acids is 1. The van der Waals surface area contributed by atoms with E-state index in [1.807, 2.05) is 24.6 Å². The maximum Gasteiger partial charge on any atom is 0.410 e.